The molecule has 0 aromatic carbocycles. The summed E-state index contributed by atoms with van der Waals surface area (Å²) in [5.41, 5.74) is 0.0748. The summed E-state index contributed by atoms with van der Waals surface area (Å²) in [5.74, 6) is 0. The molecule has 0 unspecified atom stereocenters. The van der Waals surface area contributed by atoms with Crippen molar-refractivity contribution in [2.45, 2.75) is 58.5 Å². The number of hydrogen-bond acceptors (Lipinski definition) is 2. The quantitative estimate of drug-likeness (QED) is 0.643. The number of aliphatic hydroxyl groups is 1. The highest BCUT2D eigenvalue weighted by Gasteiger charge is 2.19. The SMILES string of the molecule is CCC(CC)NC(C)(C)CCO. The van der Waals surface area contributed by atoms with Crippen molar-refractivity contribution in [2.75, 3.05) is 6.61 Å². The molecule has 0 aromatic rings. The Bertz CT molecular complexity index is 108. The fourth-order valence-corrected chi connectivity index (χ4v) is 1.40. The molecule has 2 heteroatoms. The molecule has 0 fully saturated rings. The summed E-state index contributed by atoms with van der Waals surface area (Å²) in [5, 5.41) is 12.4. The fourth-order valence-electron chi connectivity index (χ4n) is 1.40. The molecule has 0 saturated heterocycles. The largest absolute Gasteiger partial charge is 0.396 e. The maximum atomic E-state index is 8.82. The average molecular weight is 173 g/mol. The van der Waals surface area contributed by atoms with Gasteiger partial charge < -0.3 is 10.4 Å². The number of aliphatic hydroxyl groups excluding tert-OH is 1. The summed E-state index contributed by atoms with van der Waals surface area (Å²) >= 11 is 0. The van der Waals surface area contributed by atoms with E-state index in [2.05, 4.69) is 33.0 Å². The van der Waals surface area contributed by atoms with Crippen LogP contribution in [-0.4, -0.2) is 23.3 Å². The Hall–Kier alpha value is -0.0800. The van der Waals surface area contributed by atoms with Crippen LogP contribution in [0.15, 0.2) is 0 Å². The first-order valence-electron chi connectivity index (χ1n) is 4.94. The molecule has 0 aliphatic heterocycles. The third-order valence-electron chi connectivity index (χ3n) is 2.32. The molecular formula is C10H23NO. The van der Waals surface area contributed by atoms with Crippen molar-refractivity contribution >= 4 is 0 Å². The van der Waals surface area contributed by atoms with Gasteiger partial charge in [-0.1, -0.05) is 13.8 Å². The van der Waals surface area contributed by atoms with Crippen molar-refractivity contribution in [1.82, 2.24) is 5.32 Å². The zero-order valence-electron chi connectivity index (χ0n) is 8.85. The predicted octanol–water partition coefficient (Wildman–Crippen LogP) is 1.93. The van der Waals surface area contributed by atoms with E-state index in [4.69, 9.17) is 5.11 Å². The van der Waals surface area contributed by atoms with E-state index in [9.17, 15) is 0 Å². The van der Waals surface area contributed by atoms with Crippen molar-refractivity contribution in [2.24, 2.45) is 0 Å². The van der Waals surface area contributed by atoms with Crippen molar-refractivity contribution in [3.63, 3.8) is 0 Å². The molecule has 0 heterocycles. The molecule has 0 saturated carbocycles. The van der Waals surface area contributed by atoms with E-state index in [1.807, 2.05) is 0 Å². The molecule has 0 bridgehead atoms. The van der Waals surface area contributed by atoms with Crippen molar-refractivity contribution < 1.29 is 5.11 Å². The van der Waals surface area contributed by atoms with Gasteiger partial charge >= 0.3 is 0 Å². The van der Waals surface area contributed by atoms with Gasteiger partial charge in [0, 0.05) is 18.2 Å². The molecule has 2 N–H and O–H groups in total. The summed E-state index contributed by atoms with van der Waals surface area (Å²) in [6.07, 6.45) is 3.14. The summed E-state index contributed by atoms with van der Waals surface area (Å²) in [6, 6.07) is 0.589. The maximum Gasteiger partial charge on any atom is 0.0448 e. The molecule has 0 radical (unpaired) electrons. The van der Waals surface area contributed by atoms with Crippen LogP contribution in [0.25, 0.3) is 0 Å². The third-order valence-corrected chi connectivity index (χ3v) is 2.32. The Kier molecular flexibility index (Phi) is 5.51. The van der Waals surface area contributed by atoms with E-state index < -0.39 is 0 Å². The zero-order valence-corrected chi connectivity index (χ0v) is 8.85. The van der Waals surface area contributed by atoms with E-state index in [0.29, 0.717) is 6.04 Å². The lowest BCUT2D eigenvalue weighted by Gasteiger charge is -2.30. The fraction of sp³-hybridized carbons (Fsp3) is 1.00. The second kappa shape index (κ2) is 5.55. The minimum atomic E-state index is 0.0748. The highest BCUT2D eigenvalue weighted by Crippen LogP contribution is 2.11. The topological polar surface area (TPSA) is 32.3 Å². The second-order valence-electron chi connectivity index (χ2n) is 4.02. The highest BCUT2D eigenvalue weighted by atomic mass is 16.3. The first-order chi connectivity index (χ1) is 5.55. The second-order valence-corrected chi connectivity index (χ2v) is 4.02. The van der Waals surface area contributed by atoms with Gasteiger partial charge in [-0.2, -0.15) is 0 Å². The molecule has 0 rings (SSSR count). The van der Waals surface area contributed by atoms with Gasteiger partial charge in [-0.25, -0.2) is 0 Å². The maximum absolute atomic E-state index is 8.82. The molecule has 74 valence electrons. The molecule has 0 atom stereocenters. The summed E-state index contributed by atoms with van der Waals surface area (Å²) in [6.45, 7) is 8.93. The highest BCUT2D eigenvalue weighted by molar-refractivity contribution is 4.80. The third kappa shape index (κ3) is 4.73. The van der Waals surface area contributed by atoms with E-state index in [0.717, 1.165) is 19.3 Å². The van der Waals surface area contributed by atoms with Crippen LogP contribution in [-0.2, 0) is 0 Å². The van der Waals surface area contributed by atoms with Gasteiger partial charge in [0.15, 0.2) is 0 Å². The first kappa shape index (κ1) is 11.9. The molecule has 0 aromatic heterocycles. The van der Waals surface area contributed by atoms with E-state index >= 15 is 0 Å². The van der Waals surface area contributed by atoms with Crippen LogP contribution >= 0.6 is 0 Å². The van der Waals surface area contributed by atoms with Crippen LogP contribution in [0.5, 0.6) is 0 Å². The minimum Gasteiger partial charge on any atom is -0.396 e. The lowest BCUT2D eigenvalue weighted by atomic mass is 9.98. The van der Waals surface area contributed by atoms with Crippen LogP contribution in [0.2, 0.25) is 0 Å². The zero-order chi connectivity index (χ0) is 9.61. The Labute approximate surface area is 76.4 Å². The Morgan fingerprint density at radius 1 is 1.25 bits per heavy atom. The van der Waals surface area contributed by atoms with Gasteiger partial charge in [0.25, 0.3) is 0 Å². The van der Waals surface area contributed by atoms with Gasteiger partial charge in [0.05, 0.1) is 0 Å². The first-order valence-corrected chi connectivity index (χ1v) is 4.94. The summed E-state index contributed by atoms with van der Waals surface area (Å²) < 4.78 is 0. The van der Waals surface area contributed by atoms with Gasteiger partial charge in [-0.3, -0.25) is 0 Å². The number of hydrogen-bond donors (Lipinski definition) is 2. The smallest absolute Gasteiger partial charge is 0.0448 e. The van der Waals surface area contributed by atoms with E-state index in [1.165, 1.54) is 0 Å². The molecular weight excluding hydrogens is 150 g/mol. The van der Waals surface area contributed by atoms with Crippen molar-refractivity contribution in [3.8, 4) is 0 Å². The molecule has 2 nitrogen and oxygen atoms in total. The van der Waals surface area contributed by atoms with Crippen LogP contribution in [0.3, 0.4) is 0 Å². The predicted molar refractivity (Wildman–Crippen MR) is 53.3 cm³/mol. The summed E-state index contributed by atoms with van der Waals surface area (Å²) in [4.78, 5) is 0. The lowest BCUT2D eigenvalue weighted by molar-refractivity contribution is 0.216. The van der Waals surface area contributed by atoms with Crippen LogP contribution in [0.1, 0.15) is 47.0 Å². The monoisotopic (exact) mass is 173 g/mol. The molecule has 0 spiro atoms. The van der Waals surface area contributed by atoms with Crippen molar-refractivity contribution in [3.05, 3.63) is 0 Å². The Morgan fingerprint density at radius 3 is 2.08 bits per heavy atom. The van der Waals surface area contributed by atoms with E-state index in [1.54, 1.807) is 0 Å². The molecule has 0 amide bonds. The Balaban J connectivity index is 3.84. The van der Waals surface area contributed by atoms with Crippen LogP contribution < -0.4 is 5.32 Å². The Morgan fingerprint density at radius 2 is 1.75 bits per heavy atom. The molecule has 0 aliphatic carbocycles. The van der Waals surface area contributed by atoms with Gasteiger partial charge in [-0.05, 0) is 33.1 Å². The normalized spacial score (nSPS) is 12.5. The standard InChI is InChI=1S/C10H23NO/c1-5-9(6-2)11-10(3,4)7-8-12/h9,11-12H,5-8H2,1-4H3. The molecule has 0 aliphatic rings. The number of rotatable bonds is 6. The van der Waals surface area contributed by atoms with Crippen molar-refractivity contribution in [1.29, 1.82) is 0 Å². The number of nitrogens with one attached hydrogen (secondary N) is 1. The average Bonchev–Trinajstić information content (AvgIpc) is 2.00. The van der Waals surface area contributed by atoms with Gasteiger partial charge in [0.1, 0.15) is 0 Å². The van der Waals surface area contributed by atoms with Gasteiger partial charge in [-0.15, -0.1) is 0 Å². The van der Waals surface area contributed by atoms with E-state index in [-0.39, 0.29) is 12.1 Å². The summed E-state index contributed by atoms with van der Waals surface area (Å²) in [7, 11) is 0. The molecule has 12 heavy (non-hydrogen) atoms. The van der Waals surface area contributed by atoms with Crippen LogP contribution in [0, 0.1) is 0 Å². The lowest BCUT2D eigenvalue weighted by Crippen LogP contribution is -2.46. The van der Waals surface area contributed by atoms with Gasteiger partial charge in [0.2, 0.25) is 0 Å². The van der Waals surface area contributed by atoms with Crippen LogP contribution in [0.4, 0.5) is 0 Å². The minimum absolute atomic E-state index is 0.0748.